The number of hydrogen-bond donors (Lipinski definition) is 1. The van der Waals surface area contributed by atoms with Crippen LogP contribution in [0.25, 0.3) is 0 Å². The monoisotopic (exact) mass is 300 g/mol. The minimum Gasteiger partial charge on any atom is -0.481 e. The lowest BCUT2D eigenvalue weighted by Gasteiger charge is -2.38. The van der Waals surface area contributed by atoms with Crippen LogP contribution in [0.2, 0.25) is 10.0 Å². The highest BCUT2D eigenvalue weighted by Gasteiger charge is 2.34. The molecule has 1 aliphatic rings. The summed E-state index contributed by atoms with van der Waals surface area (Å²) in [6.45, 7) is 0. The molecule has 0 amide bonds. The van der Waals surface area contributed by atoms with Gasteiger partial charge < -0.3 is 5.11 Å². The molecule has 1 aliphatic carbocycles. The zero-order valence-corrected chi connectivity index (χ0v) is 12.3. The standard InChI is InChI=1S/C15H18Cl2O2/c16-12-8-11(9-13(17)10-12)15(7-4-14(18)19)5-2-1-3-6-15/h8-10H,1-7H2,(H,18,19). The van der Waals surface area contributed by atoms with Gasteiger partial charge in [0.1, 0.15) is 0 Å². The summed E-state index contributed by atoms with van der Waals surface area (Å²) in [5, 5.41) is 10.2. The molecule has 0 spiro atoms. The summed E-state index contributed by atoms with van der Waals surface area (Å²) in [5.41, 5.74) is 1.04. The van der Waals surface area contributed by atoms with Crippen molar-refractivity contribution in [1.82, 2.24) is 0 Å². The highest BCUT2D eigenvalue weighted by atomic mass is 35.5. The second-order valence-corrected chi connectivity index (χ2v) is 6.27. The van der Waals surface area contributed by atoms with Crippen LogP contribution in [0.1, 0.15) is 50.5 Å². The zero-order valence-electron chi connectivity index (χ0n) is 10.8. The summed E-state index contributed by atoms with van der Waals surface area (Å²) >= 11 is 12.2. The highest BCUT2D eigenvalue weighted by Crippen LogP contribution is 2.44. The molecule has 0 heterocycles. The number of aliphatic carboxylic acids is 1. The summed E-state index contributed by atoms with van der Waals surface area (Å²) in [6.07, 6.45) is 6.42. The maximum absolute atomic E-state index is 10.9. The molecule has 19 heavy (non-hydrogen) atoms. The van der Waals surface area contributed by atoms with E-state index in [-0.39, 0.29) is 11.8 Å². The van der Waals surface area contributed by atoms with Gasteiger partial charge in [-0.3, -0.25) is 4.79 Å². The van der Waals surface area contributed by atoms with Crippen LogP contribution in [-0.4, -0.2) is 11.1 Å². The van der Waals surface area contributed by atoms with Crippen molar-refractivity contribution in [3.05, 3.63) is 33.8 Å². The van der Waals surface area contributed by atoms with Crippen LogP contribution in [0, 0.1) is 0 Å². The number of carbonyl (C=O) groups is 1. The van der Waals surface area contributed by atoms with E-state index >= 15 is 0 Å². The number of hydrogen-bond acceptors (Lipinski definition) is 1. The molecule has 2 rings (SSSR count). The van der Waals surface area contributed by atoms with E-state index in [1.165, 1.54) is 6.42 Å². The van der Waals surface area contributed by atoms with Crippen LogP contribution in [0.3, 0.4) is 0 Å². The smallest absolute Gasteiger partial charge is 0.303 e. The number of carboxylic acid groups (broad SMARTS) is 1. The Bertz CT molecular complexity index is 445. The molecule has 0 aromatic heterocycles. The van der Waals surface area contributed by atoms with Gasteiger partial charge in [0.2, 0.25) is 0 Å². The first-order chi connectivity index (χ1) is 9.02. The largest absolute Gasteiger partial charge is 0.481 e. The Morgan fingerprint density at radius 3 is 2.21 bits per heavy atom. The van der Waals surface area contributed by atoms with Crippen LogP contribution < -0.4 is 0 Å². The molecule has 1 fully saturated rings. The number of halogens is 2. The van der Waals surface area contributed by atoms with E-state index in [0.29, 0.717) is 16.5 Å². The zero-order chi connectivity index (χ0) is 13.9. The van der Waals surface area contributed by atoms with E-state index in [4.69, 9.17) is 28.3 Å². The molecule has 0 unspecified atom stereocenters. The van der Waals surface area contributed by atoms with Crippen molar-refractivity contribution in [2.45, 2.75) is 50.4 Å². The molecule has 0 atom stereocenters. The first-order valence-electron chi connectivity index (χ1n) is 6.70. The molecule has 2 nitrogen and oxygen atoms in total. The van der Waals surface area contributed by atoms with Gasteiger partial charge in [0, 0.05) is 16.5 Å². The minimum absolute atomic E-state index is 0.0643. The fourth-order valence-corrected chi connectivity index (χ4v) is 3.64. The lowest BCUT2D eigenvalue weighted by Crippen LogP contribution is -2.30. The van der Waals surface area contributed by atoms with E-state index in [0.717, 1.165) is 31.2 Å². The van der Waals surface area contributed by atoms with Crippen LogP contribution >= 0.6 is 23.2 Å². The second-order valence-electron chi connectivity index (χ2n) is 5.39. The van der Waals surface area contributed by atoms with Crippen LogP contribution in [0.4, 0.5) is 0 Å². The van der Waals surface area contributed by atoms with Crippen molar-refractivity contribution in [1.29, 1.82) is 0 Å². The van der Waals surface area contributed by atoms with Gasteiger partial charge in [-0.2, -0.15) is 0 Å². The van der Waals surface area contributed by atoms with Gasteiger partial charge in [-0.1, -0.05) is 42.5 Å². The van der Waals surface area contributed by atoms with Gasteiger partial charge in [-0.25, -0.2) is 0 Å². The van der Waals surface area contributed by atoms with Crippen molar-refractivity contribution in [2.75, 3.05) is 0 Å². The predicted molar refractivity (Wildman–Crippen MR) is 78.1 cm³/mol. The van der Waals surface area contributed by atoms with Gasteiger partial charge in [0.15, 0.2) is 0 Å². The second kappa shape index (κ2) is 6.15. The summed E-state index contributed by atoms with van der Waals surface area (Å²) in [5.74, 6) is -0.738. The highest BCUT2D eigenvalue weighted by molar-refractivity contribution is 6.34. The van der Waals surface area contributed by atoms with Crippen molar-refractivity contribution in [3.8, 4) is 0 Å². The quantitative estimate of drug-likeness (QED) is 0.844. The predicted octanol–water partition coefficient (Wildman–Crippen LogP) is 5.06. The molecule has 0 bridgehead atoms. The van der Waals surface area contributed by atoms with Crippen LogP contribution in [0.15, 0.2) is 18.2 Å². The molecule has 1 N–H and O–H groups in total. The van der Waals surface area contributed by atoms with Crippen LogP contribution in [-0.2, 0) is 10.2 Å². The summed E-state index contributed by atoms with van der Waals surface area (Å²) < 4.78 is 0. The lowest BCUT2D eigenvalue weighted by atomic mass is 9.67. The fraction of sp³-hybridized carbons (Fsp3) is 0.533. The molecule has 0 radical (unpaired) electrons. The van der Waals surface area contributed by atoms with Crippen LogP contribution in [0.5, 0.6) is 0 Å². The van der Waals surface area contributed by atoms with Gasteiger partial charge in [0.25, 0.3) is 0 Å². The third-order valence-electron chi connectivity index (χ3n) is 4.10. The topological polar surface area (TPSA) is 37.3 Å². The van der Waals surface area contributed by atoms with E-state index in [2.05, 4.69) is 0 Å². The summed E-state index contributed by atoms with van der Waals surface area (Å²) in [4.78, 5) is 10.9. The molecule has 1 aromatic rings. The maximum Gasteiger partial charge on any atom is 0.303 e. The minimum atomic E-state index is -0.738. The summed E-state index contributed by atoms with van der Waals surface area (Å²) in [7, 11) is 0. The average Bonchev–Trinajstić information content (AvgIpc) is 2.36. The van der Waals surface area contributed by atoms with Crippen molar-refractivity contribution < 1.29 is 9.90 Å². The molecule has 0 saturated heterocycles. The lowest BCUT2D eigenvalue weighted by molar-refractivity contribution is -0.137. The van der Waals surface area contributed by atoms with Crippen molar-refractivity contribution in [3.63, 3.8) is 0 Å². The van der Waals surface area contributed by atoms with Gasteiger partial charge in [-0.05, 0) is 48.4 Å². The van der Waals surface area contributed by atoms with Gasteiger partial charge in [-0.15, -0.1) is 0 Å². The van der Waals surface area contributed by atoms with E-state index < -0.39 is 5.97 Å². The molecular weight excluding hydrogens is 283 g/mol. The molecule has 1 aromatic carbocycles. The van der Waals surface area contributed by atoms with E-state index in [1.54, 1.807) is 6.07 Å². The van der Waals surface area contributed by atoms with Gasteiger partial charge in [0.05, 0.1) is 0 Å². The van der Waals surface area contributed by atoms with E-state index in [9.17, 15) is 4.79 Å². The Kier molecular flexibility index (Phi) is 4.75. The van der Waals surface area contributed by atoms with Crippen molar-refractivity contribution in [2.24, 2.45) is 0 Å². The Labute approximate surface area is 123 Å². The van der Waals surface area contributed by atoms with Gasteiger partial charge >= 0.3 is 5.97 Å². The van der Waals surface area contributed by atoms with Crippen molar-refractivity contribution >= 4 is 29.2 Å². The molecular formula is C15H18Cl2O2. The first kappa shape index (κ1) is 14.7. The SMILES string of the molecule is O=C(O)CCC1(c2cc(Cl)cc(Cl)c2)CCCCC1. The number of carboxylic acids is 1. The summed E-state index contributed by atoms with van der Waals surface area (Å²) in [6, 6.07) is 5.61. The fourth-order valence-electron chi connectivity index (χ4n) is 3.12. The number of rotatable bonds is 4. The van der Waals surface area contributed by atoms with E-state index in [1.807, 2.05) is 12.1 Å². The molecule has 104 valence electrons. The Morgan fingerprint density at radius 1 is 1.11 bits per heavy atom. The Morgan fingerprint density at radius 2 is 1.68 bits per heavy atom. The average molecular weight is 301 g/mol. The normalized spacial score (nSPS) is 18.2. The number of benzene rings is 1. The third-order valence-corrected chi connectivity index (χ3v) is 4.54. The maximum atomic E-state index is 10.9. The molecule has 1 saturated carbocycles. The first-order valence-corrected chi connectivity index (χ1v) is 7.46. The molecule has 4 heteroatoms. The molecule has 0 aliphatic heterocycles. The Hall–Kier alpha value is -0.730. The Balaban J connectivity index is 2.32. The third kappa shape index (κ3) is 3.64.